The predicted molar refractivity (Wildman–Crippen MR) is 61.8 cm³/mol. The molecule has 0 heterocycles. The molecule has 0 unspecified atom stereocenters. The molecule has 0 fully saturated rings. The second-order valence-electron chi connectivity index (χ2n) is 4.18. The van der Waals surface area contributed by atoms with Gasteiger partial charge in [-0.1, -0.05) is 12.1 Å². The molecule has 0 aliphatic carbocycles. The van der Waals surface area contributed by atoms with Crippen LogP contribution in [0.5, 0.6) is 0 Å². The van der Waals surface area contributed by atoms with E-state index in [1.54, 1.807) is 18.2 Å². The first-order chi connectivity index (χ1) is 6.90. The lowest BCUT2D eigenvalue weighted by Crippen LogP contribution is -2.29. The molecule has 0 spiro atoms. The highest BCUT2D eigenvalue weighted by Crippen LogP contribution is 2.27. The van der Waals surface area contributed by atoms with Gasteiger partial charge in [0.25, 0.3) is 5.69 Å². The molecule has 82 valence electrons. The molecular formula is C10H14N2O2S. The summed E-state index contributed by atoms with van der Waals surface area (Å²) in [7, 11) is 0. The molecule has 0 saturated carbocycles. The maximum Gasteiger partial charge on any atom is 0.284 e. The first-order valence-electron chi connectivity index (χ1n) is 4.57. The maximum absolute atomic E-state index is 10.7. The number of benzene rings is 1. The lowest BCUT2D eigenvalue weighted by Gasteiger charge is -2.19. The fourth-order valence-electron chi connectivity index (χ4n) is 0.902. The molecule has 1 aromatic rings. The zero-order valence-electron chi connectivity index (χ0n) is 8.98. The van der Waals surface area contributed by atoms with E-state index in [0.29, 0.717) is 4.90 Å². The summed E-state index contributed by atoms with van der Waals surface area (Å²) >= 11 is 1.29. The van der Waals surface area contributed by atoms with E-state index in [9.17, 15) is 10.1 Å². The molecular weight excluding hydrogens is 212 g/mol. The van der Waals surface area contributed by atoms with Gasteiger partial charge in [0.15, 0.2) is 0 Å². The van der Waals surface area contributed by atoms with Gasteiger partial charge in [0, 0.05) is 11.6 Å². The topological polar surface area (TPSA) is 55.2 Å². The molecule has 0 saturated heterocycles. The largest absolute Gasteiger partial charge is 0.284 e. The fourth-order valence-corrected chi connectivity index (χ4v) is 1.71. The first kappa shape index (κ1) is 12.0. The van der Waals surface area contributed by atoms with Gasteiger partial charge in [-0.15, -0.1) is 0 Å². The Kier molecular flexibility index (Phi) is 3.71. The van der Waals surface area contributed by atoms with Crippen LogP contribution in [0.4, 0.5) is 5.69 Å². The summed E-state index contributed by atoms with van der Waals surface area (Å²) in [5.41, 5.74) is 0.0632. The second kappa shape index (κ2) is 4.63. The van der Waals surface area contributed by atoms with E-state index in [2.05, 4.69) is 4.72 Å². The smallest absolute Gasteiger partial charge is 0.258 e. The van der Waals surface area contributed by atoms with E-state index in [4.69, 9.17) is 0 Å². The summed E-state index contributed by atoms with van der Waals surface area (Å²) in [5, 5.41) is 10.7. The van der Waals surface area contributed by atoms with Crippen molar-refractivity contribution in [3.05, 3.63) is 34.4 Å². The number of hydrogen-bond donors (Lipinski definition) is 1. The van der Waals surface area contributed by atoms with E-state index < -0.39 is 0 Å². The van der Waals surface area contributed by atoms with Crippen LogP contribution in [-0.4, -0.2) is 10.5 Å². The van der Waals surface area contributed by atoms with Crippen LogP contribution >= 0.6 is 11.9 Å². The van der Waals surface area contributed by atoms with E-state index >= 15 is 0 Å². The molecule has 0 aliphatic heterocycles. The van der Waals surface area contributed by atoms with Gasteiger partial charge in [0.05, 0.1) is 4.92 Å². The first-order valence-corrected chi connectivity index (χ1v) is 5.39. The van der Waals surface area contributed by atoms with Crippen LogP contribution in [-0.2, 0) is 0 Å². The van der Waals surface area contributed by atoms with Gasteiger partial charge in [-0.25, -0.2) is 0 Å². The van der Waals surface area contributed by atoms with Gasteiger partial charge in [0.1, 0.15) is 4.90 Å². The number of para-hydroxylation sites is 1. The van der Waals surface area contributed by atoms with Crippen molar-refractivity contribution >= 4 is 17.6 Å². The number of hydrogen-bond acceptors (Lipinski definition) is 4. The van der Waals surface area contributed by atoms with Crippen molar-refractivity contribution < 1.29 is 4.92 Å². The second-order valence-corrected chi connectivity index (χ2v) is 5.03. The van der Waals surface area contributed by atoms with Gasteiger partial charge in [-0.05, 0) is 38.8 Å². The molecule has 0 bridgehead atoms. The third kappa shape index (κ3) is 3.89. The van der Waals surface area contributed by atoms with Gasteiger partial charge < -0.3 is 0 Å². The maximum atomic E-state index is 10.7. The Bertz CT molecular complexity index is 361. The van der Waals surface area contributed by atoms with Crippen LogP contribution in [0.2, 0.25) is 0 Å². The number of rotatable bonds is 3. The number of nitro benzene ring substituents is 1. The summed E-state index contributed by atoms with van der Waals surface area (Å²) in [6, 6.07) is 6.70. The quantitative estimate of drug-likeness (QED) is 0.489. The van der Waals surface area contributed by atoms with Gasteiger partial charge in [-0.2, -0.15) is 0 Å². The van der Waals surface area contributed by atoms with Crippen LogP contribution in [0, 0.1) is 10.1 Å². The Balaban J connectivity index is 2.81. The van der Waals surface area contributed by atoms with Crippen molar-refractivity contribution in [3.8, 4) is 0 Å². The Morgan fingerprint density at radius 3 is 2.47 bits per heavy atom. The average Bonchev–Trinajstić information content (AvgIpc) is 2.14. The standard InChI is InChI=1S/C10H14N2O2S/c1-10(2,3)11-15-9-7-5-4-6-8(9)12(13)14/h4-7,11H,1-3H3. The minimum atomic E-state index is -0.368. The minimum Gasteiger partial charge on any atom is -0.258 e. The van der Waals surface area contributed by atoms with Crippen molar-refractivity contribution in [1.82, 2.24) is 4.72 Å². The number of nitrogens with one attached hydrogen (secondary N) is 1. The Morgan fingerprint density at radius 1 is 1.33 bits per heavy atom. The number of nitrogens with zero attached hydrogens (tertiary/aromatic N) is 1. The highest BCUT2D eigenvalue weighted by molar-refractivity contribution is 7.97. The summed E-state index contributed by atoms with van der Waals surface area (Å²) in [6.45, 7) is 6.03. The number of nitro groups is 1. The highest BCUT2D eigenvalue weighted by atomic mass is 32.2. The van der Waals surface area contributed by atoms with E-state index in [0.717, 1.165) is 0 Å². The van der Waals surface area contributed by atoms with E-state index in [1.807, 2.05) is 20.8 Å². The monoisotopic (exact) mass is 226 g/mol. The highest BCUT2D eigenvalue weighted by Gasteiger charge is 2.16. The molecule has 0 radical (unpaired) electrons. The van der Waals surface area contributed by atoms with Gasteiger partial charge >= 0.3 is 0 Å². The molecule has 1 N–H and O–H groups in total. The van der Waals surface area contributed by atoms with E-state index in [-0.39, 0.29) is 16.1 Å². The van der Waals surface area contributed by atoms with Crippen molar-refractivity contribution in [1.29, 1.82) is 0 Å². The zero-order valence-corrected chi connectivity index (χ0v) is 9.80. The van der Waals surface area contributed by atoms with Crippen LogP contribution in [0.25, 0.3) is 0 Å². The molecule has 1 aromatic carbocycles. The Morgan fingerprint density at radius 2 is 1.93 bits per heavy atom. The van der Waals surface area contributed by atoms with Crippen LogP contribution in [0.1, 0.15) is 20.8 Å². The lowest BCUT2D eigenvalue weighted by atomic mass is 10.1. The van der Waals surface area contributed by atoms with Crippen LogP contribution in [0.3, 0.4) is 0 Å². The van der Waals surface area contributed by atoms with Gasteiger partial charge in [-0.3, -0.25) is 14.8 Å². The molecule has 4 nitrogen and oxygen atoms in total. The Hall–Kier alpha value is -1.07. The normalized spacial score (nSPS) is 11.4. The zero-order chi connectivity index (χ0) is 11.5. The third-order valence-electron chi connectivity index (χ3n) is 1.53. The molecule has 15 heavy (non-hydrogen) atoms. The molecule has 0 atom stereocenters. The van der Waals surface area contributed by atoms with Crippen molar-refractivity contribution in [2.45, 2.75) is 31.2 Å². The summed E-state index contributed by atoms with van der Waals surface area (Å²) in [5.74, 6) is 0. The van der Waals surface area contributed by atoms with Crippen molar-refractivity contribution in [2.24, 2.45) is 0 Å². The molecule has 0 aliphatic rings. The lowest BCUT2D eigenvalue weighted by molar-refractivity contribution is -0.387. The van der Waals surface area contributed by atoms with Crippen molar-refractivity contribution in [3.63, 3.8) is 0 Å². The predicted octanol–water partition coefficient (Wildman–Crippen LogP) is 2.99. The summed E-state index contributed by atoms with van der Waals surface area (Å²) < 4.78 is 3.15. The van der Waals surface area contributed by atoms with Crippen LogP contribution < -0.4 is 4.72 Å². The molecule has 5 heteroatoms. The molecule has 0 amide bonds. The summed E-state index contributed by atoms with van der Waals surface area (Å²) in [4.78, 5) is 11.0. The van der Waals surface area contributed by atoms with Gasteiger partial charge in [0.2, 0.25) is 0 Å². The SMILES string of the molecule is CC(C)(C)NSc1ccccc1[N+](=O)[O-]. The average molecular weight is 226 g/mol. The molecule has 1 rings (SSSR count). The minimum absolute atomic E-state index is 0.0750. The van der Waals surface area contributed by atoms with E-state index in [1.165, 1.54) is 18.0 Å². The molecule has 0 aromatic heterocycles. The Labute approximate surface area is 93.4 Å². The van der Waals surface area contributed by atoms with Crippen molar-refractivity contribution in [2.75, 3.05) is 0 Å². The third-order valence-corrected chi connectivity index (χ3v) is 2.81. The fraction of sp³-hybridized carbons (Fsp3) is 0.400. The van der Waals surface area contributed by atoms with Crippen LogP contribution in [0.15, 0.2) is 29.2 Å². The summed E-state index contributed by atoms with van der Waals surface area (Å²) in [6.07, 6.45) is 0.